The van der Waals surface area contributed by atoms with Gasteiger partial charge in [0.15, 0.2) is 0 Å². The fourth-order valence-electron chi connectivity index (χ4n) is 3.07. The second-order valence-electron chi connectivity index (χ2n) is 5.64. The Morgan fingerprint density at radius 3 is 3.10 bits per heavy atom. The number of hydrogen-bond acceptors (Lipinski definition) is 3. The minimum Gasteiger partial charge on any atom is -0.298 e. The van der Waals surface area contributed by atoms with E-state index >= 15 is 0 Å². The summed E-state index contributed by atoms with van der Waals surface area (Å²) in [6.07, 6.45) is 2.17. The van der Waals surface area contributed by atoms with E-state index in [2.05, 4.69) is 40.2 Å². The van der Waals surface area contributed by atoms with Crippen LogP contribution in [0.25, 0.3) is 10.9 Å². The Labute approximate surface area is 119 Å². The molecule has 3 rings (SSSR count). The summed E-state index contributed by atoms with van der Waals surface area (Å²) in [5.74, 6) is 0.193. The van der Waals surface area contributed by atoms with Gasteiger partial charge in [-0.3, -0.25) is 9.88 Å². The zero-order valence-corrected chi connectivity index (χ0v) is 11.8. The van der Waals surface area contributed by atoms with Crippen LogP contribution in [-0.4, -0.2) is 23.0 Å². The Hall–Kier alpha value is -1.92. The Bertz CT molecular complexity index is 657. The monoisotopic (exact) mass is 265 g/mol. The molecule has 1 unspecified atom stereocenters. The standard InChI is InChI=1S/C17H19N3/c1-13-9-15(16-6-2-3-7-17(16)19-13)12-20-8-4-5-14(10-18)11-20/h2-3,6-7,9,14H,4-5,8,11-12H2,1H3. The van der Waals surface area contributed by atoms with Crippen LogP contribution in [0, 0.1) is 24.2 Å². The largest absolute Gasteiger partial charge is 0.298 e. The van der Waals surface area contributed by atoms with E-state index < -0.39 is 0 Å². The van der Waals surface area contributed by atoms with Gasteiger partial charge < -0.3 is 0 Å². The zero-order valence-electron chi connectivity index (χ0n) is 11.8. The number of benzene rings is 1. The van der Waals surface area contributed by atoms with Crippen LogP contribution in [-0.2, 0) is 6.54 Å². The fraction of sp³-hybridized carbons (Fsp3) is 0.412. The summed E-state index contributed by atoms with van der Waals surface area (Å²) in [5, 5.41) is 10.3. The molecule has 1 atom stereocenters. The van der Waals surface area contributed by atoms with Gasteiger partial charge in [-0.15, -0.1) is 0 Å². The molecular formula is C17H19N3. The van der Waals surface area contributed by atoms with Crippen molar-refractivity contribution < 1.29 is 0 Å². The molecular weight excluding hydrogens is 246 g/mol. The molecule has 1 aliphatic heterocycles. The van der Waals surface area contributed by atoms with Crippen LogP contribution in [0.2, 0.25) is 0 Å². The first kappa shape index (κ1) is 13.1. The summed E-state index contributed by atoms with van der Waals surface area (Å²) in [6.45, 7) is 4.95. The maximum absolute atomic E-state index is 9.10. The van der Waals surface area contributed by atoms with Gasteiger partial charge in [-0.25, -0.2) is 0 Å². The average molecular weight is 265 g/mol. The van der Waals surface area contributed by atoms with Crippen molar-refractivity contribution in [2.45, 2.75) is 26.3 Å². The Morgan fingerprint density at radius 1 is 1.40 bits per heavy atom. The third-order valence-corrected chi connectivity index (χ3v) is 4.01. The van der Waals surface area contributed by atoms with Crippen LogP contribution in [0.1, 0.15) is 24.1 Å². The second kappa shape index (κ2) is 5.60. The summed E-state index contributed by atoms with van der Waals surface area (Å²) in [7, 11) is 0. The van der Waals surface area contributed by atoms with E-state index in [0.29, 0.717) is 0 Å². The number of nitrogens with zero attached hydrogens (tertiary/aromatic N) is 3. The van der Waals surface area contributed by atoms with Crippen molar-refractivity contribution in [1.29, 1.82) is 5.26 Å². The molecule has 0 bridgehead atoms. The van der Waals surface area contributed by atoms with E-state index in [0.717, 1.165) is 43.7 Å². The number of hydrogen-bond donors (Lipinski definition) is 0. The summed E-state index contributed by atoms with van der Waals surface area (Å²) in [4.78, 5) is 6.99. The van der Waals surface area contributed by atoms with Crippen LogP contribution in [0.5, 0.6) is 0 Å². The van der Waals surface area contributed by atoms with Crippen LogP contribution in [0.4, 0.5) is 0 Å². The molecule has 0 radical (unpaired) electrons. The maximum Gasteiger partial charge on any atom is 0.0708 e. The molecule has 0 aliphatic carbocycles. The predicted molar refractivity (Wildman–Crippen MR) is 80.1 cm³/mol. The quantitative estimate of drug-likeness (QED) is 0.836. The number of rotatable bonds is 2. The molecule has 0 saturated carbocycles. The zero-order chi connectivity index (χ0) is 13.9. The second-order valence-corrected chi connectivity index (χ2v) is 5.64. The lowest BCUT2D eigenvalue weighted by atomic mass is 9.98. The van der Waals surface area contributed by atoms with E-state index in [1.165, 1.54) is 10.9 Å². The molecule has 0 spiro atoms. The van der Waals surface area contributed by atoms with Crippen LogP contribution >= 0.6 is 0 Å². The third kappa shape index (κ3) is 2.66. The van der Waals surface area contributed by atoms with Crippen molar-refractivity contribution in [2.24, 2.45) is 5.92 Å². The highest BCUT2D eigenvalue weighted by molar-refractivity contribution is 5.82. The summed E-state index contributed by atoms with van der Waals surface area (Å²) in [6, 6.07) is 12.9. The minimum atomic E-state index is 0.193. The molecule has 102 valence electrons. The van der Waals surface area contributed by atoms with E-state index in [1.807, 2.05) is 13.0 Å². The Balaban J connectivity index is 1.89. The molecule has 1 aromatic heterocycles. The number of fused-ring (bicyclic) bond motifs is 1. The summed E-state index contributed by atoms with van der Waals surface area (Å²) in [5.41, 5.74) is 3.45. The number of nitriles is 1. The first-order valence-corrected chi connectivity index (χ1v) is 7.23. The molecule has 1 fully saturated rings. The number of pyridine rings is 1. The van der Waals surface area contributed by atoms with Gasteiger partial charge in [0.2, 0.25) is 0 Å². The van der Waals surface area contributed by atoms with Gasteiger partial charge in [0.05, 0.1) is 17.5 Å². The molecule has 3 heteroatoms. The molecule has 2 aromatic rings. The molecule has 1 saturated heterocycles. The first-order valence-electron chi connectivity index (χ1n) is 7.23. The van der Waals surface area contributed by atoms with Crippen LogP contribution in [0.3, 0.4) is 0 Å². The molecule has 1 aliphatic rings. The van der Waals surface area contributed by atoms with Gasteiger partial charge >= 0.3 is 0 Å². The van der Waals surface area contributed by atoms with Crippen molar-refractivity contribution in [3.8, 4) is 6.07 Å². The van der Waals surface area contributed by atoms with Gasteiger partial charge in [-0.05, 0) is 44.0 Å². The smallest absolute Gasteiger partial charge is 0.0708 e. The van der Waals surface area contributed by atoms with Gasteiger partial charge in [0.1, 0.15) is 0 Å². The minimum absolute atomic E-state index is 0.193. The highest BCUT2D eigenvalue weighted by Gasteiger charge is 2.20. The SMILES string of the molecule is Cc1cc(CN2CCCC(C#N)C2)c2ccccc2n1. The highest BCUT2D eigenvalue weighted by atomic mass is 15.1. The van der Waals surface area contributed by atoms with Crippen molar-refractivity contribution >= 4 is 10.9 Å². The van der Waals surface area contributed by atoms with Crippen LogP contribution in [0.15, 0.2) is 30.3 Å². The first-order chi connectivity index (χ1) is 9.76. The molecule has 3 nitrogen and oxygen atoms in total. The lowest BCUT2D eigenvalue weighted by Gasteiger charge is -2.29. The number of piperidine rings is 1. The summed E-state index contributed by atoms with van der Waals surface area (Å²) >= 11 is 0. The molecule has 0 N–H and O–H groups in total. The number of likely N-dealkylation sites (tertiary alicyclic amines) is 1. The molecule has 0 amide bonds. The molecule has 20 heavy (non-hydrogen) atoms. The van der Waals surface area contributed by atoms with Crippen molar-refractivity contribution in [3.63, 3.8) is 0 Å². The lowest BCUT2D eigenvalue weighted by molar-refractivity contribution is 0.192. The van der Waals surface area contributed by atoms with Crippen molar-refractivity contribution in [2.75, 3.05) is 13.1 Å². The maximum atomic E-state index is 9.10. The van der Waals surface area contributed by atoms with E-state index in [-0.39, 0.29) is 5.92 Å². The Morgan fingerprint density at radius 2 is 2.25 bits per heavy atom. The van der Waals surface area contributed by atoms with Gasteiger partial charge in [-0.1, -0.05) is 18.2 Å². The van der Waals surface area contributed by atoms with Gasteiger partial charge in [0.25, 0.3) is 0 Å². The summed E-state index contributed by atoms with van der Waals surface area (Å²) < 4.78 is 0. The average Bonchev–Trinajstić information content (AvgIpc) is 2.47. The molecule has 2 heterocycles. The van der Waals surface area contributed by atoms with E-state index in [9.17, 15) is 0 Å². The Kier molecular flexibility index (Phi) is 3.66. The normalized spacial score (nSPS) is 19.9. The number of aryl methyl sites for hydroxylation is 1. The van der Waals surface area contributed by atoms with Crippen molar-refractivity contribution in [3.05, 3.63) is 41.6 Å². The van der Waals surface area contributed by atoms with Gasteiger partial charge in [0, 0.05) is 24.2 Å². The number of aromatic nitrogens is 1. The predicted octanol–water partition coefficient (Wildman–Crippen LogP) is 3.28. The lowest BCUT2D eigenvalue weighted by Crippen LogP contribution is -2.34. The molecule has 1 aromatic carbocycles. The highest BCUT2D eigenvalue weighted by Crippen LogP contribution is 2.23. The van der Waals surface area contributed by atoms with Gasteiger partial charge in [-0.2, -0.15) is 5.26 Å². The van der Waals surface area contributed by atoms with E-state index in [1.54, 1.807) is 0 Å². The number of para-hydroxylation sites is 1. The third-order valence-electron chi connectivity index (χ3n) is 4.01. The van der Waals surface area contributed by atoms with Crippen LogP contribution < -0.4 is 0 Å². The van der Waals surface area contributed by atoms with Crippen molar-refractivity contribution in [1.82, 2.24) is 9.88 Å². The topological polar surface area (TPSA) is 39.9 Å². The van der Waals surface area contributed by atoms with E-state index in [4.69, 9.17) is 5.26 Å². The fourth-order valence-corrected chi connectivity index (χ4v) is 3.07.